The van der Waals surface area contributed by atoms with Crippen molar-refractivity contribution in [2.75, 3.05) is 6.61 Å². The third-order valence-corrected chi connectivity index (χ3v) is 4.62. The fourth-order valence-corrected chi connectivity index (χ4v) is 3.44. The van der Waals surface area contributed by atoms with Crippen molar-refractivity contribution in [3.8, 4) is 0 Å². The third kappa shape index (κ3) is 3.88. The molecule has 0 aliphatic carbocycles. The van der Waals surface area contributed by atoms with Gasteiger partial charge in [0, 0.05) is 6.61 Å². The van der Waals surface area contributed by atoms with E-state index >= 15 is 0 Å². The summed E-state index contributed by atoms with van der Waals surface area (Å²) in [5.41, 5.74) is 0. The van der Waals surface area contributed by atoms with Gasteiger partial charge in [-0.05, 0) is 31.6 Å². The highest BCUT2D eigenvalue weighted by Crippen LogP contribution is 2.25. The van der Waals surface area contributed by atoms with Crippen LogP contribution < -0.4 is 5.14 Å². The molecule has 3 atom stereocenters. The van der Waals surface area contributed by atoms with Crippen LogP contribution in [0.25, 0.3) is 0 Å². The molecule has 1 aliphatic rings. The quantitative estimate of drug-likeness (QED) is 0.722. The van der Waals surface area contributed by atoms with Gasteiger partial charge in [-0.3, -0.25) is 0 Å². The molecule has 4 nitrogen and oxygen atoms in total. The summed E-state index contributed by atoms with van der Waals surface area (Å²) in [5.74, 6) is -0.00306. The highest BCUT2D eigenvalue weighted by molar-refractivity contribution is 7.89. The lowest BCUT2D eigenvalue weighted by Gasteiger charge is -2.23. The molecule has 1 aliphatic heterocycles. The van der Waals surface area contributed by atoms with E-state index in [4.69, 9.17) is 9.88 Å². The molecule has 1 heterocycles. The van der Waals surface area contributed by atoms with Gasteiger partial charge in [0.25, 0.3) is 0 Å². The van der Waals surface area contributed by atoms with Crippen molar-refractivity contribution < 1.29 is 13.2 Å². The molecule has 2 N–H and O–H groups in total. The first-order chi connectivity index (χ1) is 7.45. The van der Waals surface area contributed by atoms with Crippen LogP contribution in [0.15, 0.2) is 12.7 Å². The van der Waals surface area contributed by atoms with Crippen LogP contribution in [0.2, 0.25) is 0 Å². The van der Waals surface area contributed by atoms with E-state index in [1.54, 1.807) is 6.08 Å². The number of sulfonamides is 1. The Balaban J connectivity index is 2.66. The standard InChI is InChI=1S/C11H21NO3S/c1-3-5-9(2)11(16(12,13)14)8-10-6-4-7-15-10/h3,9-11H,1,4-8H2,2H3,(H2,12,13,14)/t9?,10?,11-/m1/s1. The predicted molar refractivity (Wildman–Crippen MR) is 64.5 cm³/mol. The molecule has 0 aromatic carbocycles. The zero-order valence-corrected chi connectivity index (χ0v) is 10.6. The molecular weight excluding hydrogens is 226 g/mol. The Morgan fingerprint density at radius 2 is 2.31 bits per heavy atom. The van der Waals surface area contributed by atoms with Crippen molar-refractivity contribution in [2.45, 2.75) is 44.0 Å². The van der Waals surface area contributed by atoms with E-state index in [0.717, 1.165) is 19.4 Å². The third-order valence-electron chi connectivity index (χ3n) is 3.11. The normalized spacial score (nSPS) is 25.2. The van der Waals surface area contributed by atoms with Crippen LogP contribution in [0.3, 0.4) is 0 Å². The molecule has 1 saturated heterocycles. The molecular formula is C11H21NO3S. The molecule has 0 amide bonds. The van der Waals surface area contributed by atoms with E-state index in [-0.39, 0.29) is 12.0 Å². The molecule has 2 unspecified atom stereocenters. The molecule has 0 radical (unpaired) electrons. The maximum Gasteiger partial charge on any atom is 0.212 e. The average molecular weight is 247 g/mol. The zero-order chi connectivity index (χ0) is 12.2. The SMILES string of the molecule is C=CCC(C)[C@@H](CC1CCCO1)S(N)(=O)=O. The Morgan fingerprint density at radius 1 is 1.62 bits per heavy atom. The van der Waals surface area contributed by atoms with Gasteiger partial charge < -0.3 is 4.74 Å². The summed E-state index contributed by atoms with van der Waals surface area (Å²) in [7, 11) is -3.50. The molecule has 1 fully saturated rings. The van der Waals surface area contributed by atoms with E-state index in [9.17, 15) is 8.42 Å². The van der Waals surface area contributed by atoms with E-state index in [1.165, 1.54) is 0 Å². The van der Waals surface area contributed by atoms with Gasteiger partial charge in [0.2, 0.25) is 10.0 Å². The summed E-state index contributed by atoms with van der Waals surface area (Å²) in [5, 5.41) is 4.75. The Kier molecular flexibility index (Phi) is 4.95. The van der Waals surface area contributed by atoms with Crippen molar-refractivity contribution in [3.05, 3.63) is 12.7 Å². The first-order valence-corrected chi connectivity index (χ1v) is 7.30. The maximum absolute atomic E-state index is 11.5. The highest BCUT2D eigenvalue weighted by Gasteiger charge is 2.31. The molecule has 16 heavy (non-hydrogen) atoms. The van der Waals surface area contributed by atoms with Crippen molar-refractivity contribution in [1.29, 1.82) is 0 Å². The summed E-state index contributed by atoms with van der Waals surface area (Å²) < 4.78 is 28.5. The van der Waals surface area contributed by atoms with E-state index in [2.05, 4.69) is 6.58 Å². The second kappa shape index (κ2) is 5.80. The summed E-state index contributed by atoms with van der Waals surface area (Å²) in [6, 6.07) is 0. The topological polar surface area (TPSA) is 69.4 Å². The Hall–Kier alpha value is -0.390. The summed E-state index contributed by atoms with van der Waals surface area (Å²) in [6.07, 6.45) is 4.90. The molecule has 5 heteroatoms. The molecule has 0 bridgehead atoms. The minimum Gasteiger partial charge on any atom is -0.378 e. The van der Waals surface area contributed by atoms with Crippen LogP contribution in [0, 0.1) is 5.92 Å². The lowest BCUT2D eigenvalue weighted by atomic mass is 9.98. The second-order valence-corrected chi connectivity index (χ2v) is 6.28. The van der Waals surface area contributed by atoms with Gasteiger partial charge in [-0.2, -0.15) is 0 Å². The molecule has 0 aromatic rings. The fourth-order valence-electron chi connectivity index (χ4n) is 2.19. The summed E-state index contributed by atoms with van der Waals surface area (Å²) >= 11 is 0. The Morgan fingerprint density at radius 3 is 2.75 bits per heavy atom. The van der Waals surface area contributed by atoms with Gasteiger partial charge in [0.1, 0.15) is 0 Å². The van der Waals surface area contributed by atoms with Crippen molar-refractivity contribution in [2.24, 2.45) is 11.1 Å². The van der Waals surface area contributed by atoms with E-state index in [0.29, 0.717) is 12.8 Å². The lowest BCUT2D eigenvalue weighted by molar-refractivity contribution is 0.0996. The first-order valence-electron chi connectivity index (χ1n) is 5.69. The lowest BCUT2D eigenvalue weighted by Crippen LogP contribution is -2.36. The van der Waals surface area contributed by atoms with Crippen molar-refractivity contribution >= 4 is 10.0 Å². The smallest absolute Gasteiger partial charge is 0.212 e. The monoisotopic (exact) mass is 247 g/mol. The van der Waals surface area contributed by atoms with E-state index < -0.39 is 15.3 Å². The number of allylic oxidation sites excluding steroid dienone is 1. The van der Waals surface area contributed by atoms with Crippen LogP contribution in [0.5, 0.6) is 0 Å². The van der Waals surface area contributed by atoms with Crippen LogP contribution in [0.1, 0.15) is 32.6 Å². The molecule has 0 spiro atoms. The minimum absolute atomic E-state index is 0.00306. The largest absolute Gasteiger partial charge is 0.378 e. The van der Waals surface area contributed by atoms with Gasteiger partial charge in [0.05, 0.1) is 11.4 Å². The maximum atomic E-state index is 11.5. The van der Waals surface area contributed by atoms with Crippen molar-refractivity contribution in [3.63, 3.8) is 0 Å². The Bertz CT molecular complexity index is 320. The molecule has 1 rings (SSSR count). The number of nitrogens with two attached hydrogens (primary N) is 1. The van der Waals surface area contributed by atoms with Gasteiger partial charge in [-0.1, -0.05) is 13.0 Å². The van der Waals surface area contributed by atoms with Crippen LogP contribution >= 0.6 is 0 Å². The van der Waals surface area contributed by atoms with Crippen LogP contribution in [0.4, 0.5) is 0 Å². The molecule has 94 valence electrons. The second-order valence-electron chi connectivity index (χ2n) is 4.50. The van der Waals surface area contributed by atoms with Crippen LogP contribution in [-0.4, -0.2) is 26.4 Å². The highest BCUT2D eigenvalue weighted by atomic mass is 32.2. The number of ether oxygens (including phenoxy) is 1. The molecule has 0 aromatic heterocycles. The first kappa shape index (κ1) is 13.7. The van der Waals surface area contributed by atoms with Crippen LogP contribution in [-0.2, 0) is 14.8 Å². The number of primary sulfonamides is 1. The predicted octanol–water partition coefficient (Wildman–Crippen LogP) is 1.42. The van der Waals surface area contributed by atoms with Gasteiger partial charge in [-0.25, -0.2) is 13.6 Å². The van der Waals surface area contributed by atoms with E-state index in [1.807, 2.05) is 6.92 Å². The zero-order valence-electron chi connectivity index (χ0n) is 9.76. The van der Waals surface area contributed by atoms with Gasteiger partial charge in [-0.15, -0.1) is 6.58 Å². The van der Waals surface area contributed by atoms with Gasteiger partial charge >= 0.3 is 0 Å². The number of hydrogen-bond acceptors (Lipinski definition) is 3. The molecule has 0 saturated carbocycles. The summed E-state index contributed by atoms with van der Waals surface area (Å²) in [6.45, 7) is 6.26. The summed E-state index contributed by atoms with van der Waals surface area (Å²) in [4.78, 5) is 0. The number of rotatable bonds is 6. The average Bonchev–Trinajstić information content (AvgIpc) is 2.64. The fraction of sp³-hybridized carbons (Fsp3) is 0.818. The number of hydrogen-bond donors (Lipinski definition) is 1. The van der Waals surface area contributed by atoms with Gasteiger partial charge in [0.15, 0.2) is 0 Å². The van der Waals surface area contributed by atoms with Crippen molar-refractivity contribution in [1.82, 2.24) is 0 Å². The minimum atomic E-state index is -3.50. The Labute approximate surface area is 97.9 Å².